The van der Waals surface area contributed by atoms with E-state index < -0.39 is 0 Å². The van der Waals surface area contributed by atoms with Crippen molar-refractivity contribution >= 4 is 17.9 Å². The summed E-state index contributed by atoms with van der Waals surface area (Å²) in [5.74, 6) is 0.569. The Morgan fingerprint density at radius 2 is 1.48 bits per heavy atom. The summed E-state index contributed by atoms with van der Waals surface area (Å²) < 4.78 is 0. The zero-order chi connectivity index (χ0) is 28.2. The summed E-state index contributed by atoms with van der Waals surface area (Å²) in [5.41, 5.74) is 5.22. The van der Waals surface area contributed by atoms with Crippen molar-refractivity contribution in [2.24, 2.45) is 5.92 Å². The molecule has 1 aliphatic heterocycles. The van der Waals surface area contributed by atoms with Gasteiger partial charge in [0.1, 0.15) is 0 Å². The fourth-order valence-electron chi connectivity index (χ4n) is 5.51. The average Bonchev–Trinajstić information content (AvgIpc) is 3.01. The van der Waals surface area contributed by atoms with Crippen LogP contribution >= 0.6 is 0 Å². The van der Waals surface area contributed by atoms with Gasteiger partial charge >= 0.3 is 0 Å². The molecule has 0 unspecified atom stereocenters. The van der Waals surface area contributed by atoms with E-state index in [9.17, 15) is 9.59 Å². The Kier molecular flexibility index (Phi) is 11.2. The molecule has 0 atom stereocenters. The molecule has 3 aromatic rings. The number of hydrogen-bond acceptors (Lipinski definition) is 2. The minimum atomic E-state index is 0.0876. The van der Waals surface area contributed by atoms with Crippen LogP contribution in [0.1, 0.15) is 84.2 Å². The minimum absolute atomic E-state index is 0.0876. The number of benzene rings is 3. The molecule has 0 radical (unpaired) electrons. The Morgan fingerprint density at radius 3 is 2.10 bits per heavy atom. The third-order valence-electron chi connectivity index (χ3n) is 7.96. The normalized spacial score (nSPS) is 14.2. The van der Waals surface area contributed by atoms with E-state index in [1.807, 2.05) is 65.6 Å². The number of aryl methyl sites for hydroxylation is 1. The first-order valence-corrected chi connectivity index (χ1v) is 15.0. The summed E-state index contributed by atoms with van der Waals surface area (Å²) in [7, 11) is 0. The van der Waals surface area contributed by atoms with Crippen molar-refractivity contribution in [2.45, 2.75) is 58.8 Å². The van der Waals surface area contributed by atoms with Gasteiger partial charge in [-0.15, -0.1) is 0 Å². The molecule has 0 bridgehead atoms. The van der Waals surface area contributed by atoms with Crippen molar-refractivity contribution < 1.29 is 9.59 Å². The fourth-order valence-corrected chi connectivity index (χ4v) is 5.51. The number of likely N-dealkylation sites (tertiary alicyclic amines) is 1. The maximum atomic E-state index is 13.8. The first kappa shape index (κ1) is 29.3. The van der Waals surface area contributed by atoms with Gasteiger partial charge in [-0.25, -0.2) is 0 Å². The highest BCUT2D eigenvalue weighted by atomic mass is 16.2. The summed E-state index contributed by atoms with van der Waals surface area (Å²) in [5, 5.41) is 0. The molecule has 4 nitrogen and oxygen atoms in total. The molecule has 40 heavy (non-hydrogen) atoms. The van der Waals surface area contributed by atoms with E-state index in [1.54, 1.807) is 0 Å². The lowest BCUT2D eigenvalue weighted by molar-refractivity contribution is 0.0618. The maximum absolute atomic E-state index is 13.8. The van der Waals surface area contributed by atoms with Crippen molar-refractivity contribution in [3.63, 3.8) is 0 Å². The summed E-state index contributed by atoms with van der Waals surface area (Å²) in [4.78, 5) is 30.9. The third kappa shape index (κ3) is 8.42. The zero-order valence-corrected chi connectivity index (χ0v) is 24.2. The van der Waals surface area contributed by atoms with Crippen LogP contribution in [0.5, 0.6) is 0 Å². The third-order valence-corrected chi connectivity index (χ3v) is 7.96. The molecule has 0 saturated carbocycles. The van der Waals surface area contributed by atoms with Crippen LogP contribution in [0.15, 0.2) is 90.5 Å². The van der Waals surface area contributed by atoms with E-state index in [0.29, 0.717) is 19.0 Å². The molecule has 0 aliphatic carbocycles. The maximum Gasteiger partial charge on any atom is 0.254 e. The van der Waals surface area contributed by atoms with Gasteiger partial charge in [-0.2, -0.15) is 0 Å². The average molecular weight is 537 g/mol. The molecule has 4 rings (SSSR count). The summed E-state index contributed by atoms with van der Waals surface area (Å²) in [6, 6.07) is 28.1. The number of amides is 2. The number of piperidine rings is 1. The first-order valence-electron chi connectivity index (χ1n) is 15.0. The Balaban J connectivity index is 1.46. The van der Waals surface area contributed by atoms with Crippen molar-refractivity contribution in [1.29, 1.82) is 0 Å². The van der Waals surface area contributed by atoms with Crippen LogP contribution in [-0.2, 0) is 6.42 Å². The van der Waals surface area contributed by atoms with Crippen LogP contribution in [0.4, 0.5) is 0 Å². The number of unbranched alkanes of at least 4 members (excludes halogenated alkanes) is 2. The largest absolute Gasteiger partial charge is 0.339 e. The summed E-state index contributed by atoms with van der Waals surface area (Å²) >= 11 is 0. The lowest BCUT2D eigenvalue weighted by atomic mass is 9.94. The number of hydrogen-bond donors (Lipinski definition) is 0. The molecule has 0 aromatic heterocycles. The predicted molar refractivity (Wildman–Crippen MR) is 165 cm³/mol. The van der Waals surface area contributed by atoms with E-state index in [1.165, 1.54) is 29.5 Å². The van der Waals surface area contributed by atoms with Gasteiger partial charge in [0.05, 0.1) is 0 Å². The van der Waals surface area contributed by atoms with Crippen LogP contribution in [0.2, 0.25) is 0 Å². The van der Waals surface area contributed by atoms with E-state index in [0.717, 1.165) is 56.3 Å². The Morgan fingerprint density at radius 1 is 0.825 bits per heavy atom. The molecule has 0 N–H and O–H groups in total. The van der Waals surface area contributed by atoms with Crippen LogP contribution in [0, 0.1) is 5.92 Å². The molecule has 1 saturated heterocycles. The second-order valence-electron chi connectivity index (χ2n) is 11.0. The van der Waals surface area contributed by atoms with Crippen molar-refractivity contribution in [1.82, 2.24) is 9.80 Å². The fraction of sp³-hybridized carbons (Fsp3) is 0.389. The molecule has 3 aromatic carbocycles. The predicted octanol–water partition coefficient (Wildman–Crippen LogP) is 7.91. The lowest BCUT2D eigenvalue weighted by Gasteiger charge is -2.35. The number of nitrogens with zero attached hydrogens (tertiary/aromatic N) is 2. The monoisotopic (exact) mass is 536 g/mol. The van der Waals surface area contributed by atoms with Crippen molar-refractivity contribution in [3.8, 4) is 0 Å². The Hall–Kier alpha value is -3.66. The van der Waals surface area contributed by atoms with Gasteiger partial charge in [-0.3, -0.25) is 9.59 Å². The molecular formula is C36H44N2O2. The highest BCUT2D eigenvalue weighted by Gasteiger charge is 2.27. The quantitative estimate of drug-likeness (QED) is 0.221. The highest BCUT2D eigenvalue weighted by Crippen LogP contribution is 2.24. The van der Waals surface area contributed by atoms with Crippen LogP contribution < -0.4 is 0 Å². The standard InChI is InChI=1S/C36H44N2O2/c1-3-5-8-15-32(26-30-13-9-6-10-14-30)28-38(36(40)33-16-11-7-12-17-33)27-31-22-24-37(25-23-31)35(39)34-20-18-29(4-2)19-21-34/h6-7,9-14,16-21,26,31H,3-5,8,15,22-25,27-28H2,1-2H3. The molecule has 1 aliphatic rings. The van der Waals surface area contributed by atoms with E-state index >= 15 is 0 Å². The van der Waals surface area contributed by atoms with E-state index in [2.05, 4.69) is 49.1 Å². The Bertz CT molecular complexity index is 1230. The minimum Gasteiger partial charge on any atom is -0.339 e. The van der Waals surface area contributed by atoms with Crippen molar-refractivity contribution in [2.75, 3.05) is 26.2 Å². The van der Waals surface area contributed by atoms with Crippen molar-refractivity contribution in [3.05, 3.63) is 113 Å². The highest BCUT2D eigenvalue weighted by molar-refractivity contribution is 5.95. The molecule has 1 fully saturated rings. The van der Waals surface area contributed by atoms with E-state index in [-0.39, 0.29) is 11.8 Å². The van der Waals surface area contributed by atoms with Gasteiger partial charge in [0.25, 0.3) is 11.8 Å². The molecule has 4 heteroatoms. The molecular weight excluding hydrogens is 492 g/mol. The number of carbonyl (C=O) groups is 2. The van der Waals surface area contributed by atoms with Gasteiger partial charge in [0.15, 0.2) is 0 Å². The van der Waals surface area contributed by atoms with Gasteiger partial charge in [0.2, 0.25) is 0 Å². The van der Waals surface area contributed by atoms with Crippen LogP contribution in [-0.4, -0.2) is 47.8 Å². The first-order chi connectivity index (χ1) is 19.6. The molecule has 0 spiro atoms. The summed E-state index contributed by atoms with van der Waals surface area (Å²) in [6.07, 6.45) is 9.53. The Labute approximate surface area is 240 Å². The lowest BCUT2D eigenvalue weighted by Crippen LogP contribution is -2.43. The smallest absolute Gasteiger partial charge is 0.254 e. The second-order valence-corrected chi connectivity index (χ2v) is 11.0. The van der Waals surface area contributed by atoms with Gasteiger partial charge < -0.3 is 9.80 Å². The molecule has 2 amide bonds. The van der Waals surface area contributed by atoms with Gasteiger partial charge in [-0.05, 0) is 73.4 Å². The summed E-state index contributed by atoms with van der Waals surface area (Å²) in [6.45, 7) is 7.16. The second kappa shape index (κ2) is 15.2. The van der Waals surface area contributed by atoms with E-state index in [4.69, 9.17) is 0 Å². The molecule has 1 heterocycles. The van der Waals surface area contributed by atoms with Gasteiger partial charge in [0, 0.05) is 37.3 Å². The van der Waals surface area contributed by atoms with Crippen LogP contribution in [0.3, 0.4) is 0 Å². The topological polar surface area (TPSA) is 40.6 Å². The van der Waals surface area contributed by atoms with Crippen LogP contribution in [0.25, 0.3) is 6.08 Å². The number of carbonyl (C=O) groups excluding carboxylic acids is 2. The zero-order valence-electron chi connectivity index (χ0n) is 24.2. The van der Waals surface area contributed by atoms with Gasteiger partial charge in [-0.1, -0.05) is 99.0 Å². The SMILES string of the molecule is CCCCCC(=Cc1ccccc1)CN(CC1CCN(C(=O)c2ccc(CC)cc2)CC1)C(=O)c1ccccc1. The molecule has 210 valence electrons. The number of rotatable bonds is 12.